The van der Waals surface area contributed by atoms with E-state index in [4.69, 9.17) is 0 Å². The molecule has 4 heterocycles. The van der Waals surface area contributed by atoms with Crippen LogP contribution in [0, 0.1) is 11.6 Å². The Morgan fingerprint density at radius 1 is 0.943 bits per heavy atom. The van der Waals surface area contributed by atoms with Crippen molar-refractivity contribution in [3.63, 3.8) is 0 Å². The highest BCUT2D eigenvalue weighted by molar-refractivity contribution is 6.04. The lowest BCUT2D eigenvalue weighted by atomic mass is 9.84. The zero-order valence-corrected chi connectivity index (χ0v) is 20.0. The summed E-state index contributed by atoms with van der Waals surface area (Å²) in [6.07, 6.45) is 5.50. The number of carbonyl (C=O) groups excluding carboxylic acids is 1. The molecule has 4 aliphatic rings. The molecular weight excluding hydrogens is 450 g/mol. The number of benzene rings is 2. The summed E-state index contributed by atoms with van der Waals surface area (Å²) in [4.78, 5) is 17.6. The normalized spacial score (nSPS) is 25.6. The van der Waals surface area contributed by atoms with Crippen molar-refractivity contribution in [2.75, 3.05) is 44.2 Å². The smallest absolute Gasteiger partial charge is 0.253 e. The zero-order chi connectivity index (χ0) is 24.2. The third kappa shape index (κ3) is 3.65. The molecule has 0 bridgehead atoms. The summed E-state index contributed by atoms with van der Waals surface area (Å²) in [6.45, 7) is 4.35. The number of fused-ring (bicyclic) bond motifs is 1. The molecule has 0 aliphatic carbocycles. The molecule has 8 heteroatoms. The minimum Gasteiger partial charge on any atom is -0.385 e. The lowest BCUT2D eigenvalue weighted by molar-refractivity contribution is -0.0560. The maximum Gasteiger partial charge on any atom is 0.253 e. The van der Waals surface area contributed by atoms with E-state index in [1.807, 2.05) is 0 Å². The number of likely N-dealkylation sites (tertiary alicyclic amines) is 1. The second-order valence-corrected chi connectivity index (χ2v) is 10.6. The maximum atomic E-state index is 14.9. The van der Waals surface area contributed by atoms with Crippen LogP contribution in [0.2, 0.25) is 0 Å². The number of quaternary nitrogens is 1. The summed E-state index contributed by atoms with van der Waals surface area (Å²) >= 11 is 0. The second-order valence-electron chi connectivity index (χ2n) is 10.6. The topological polar surface area (TPSA) is 55.8 Å². The molecule has 2 aromatic carbocycles. The maximum absolute atomic E-state index is 14.9. The van der Waals surface area contributed by atoms with Gasteiger partial charge in [0.25, 0.3) is 5.91 Å². The van der Waals surface area contributed by atoms with Crippen LogP contribution >= 0.6 is 0 Å². The fourth-order valence-electron chi connectivity index (χ4n) is 6.93. The van der Waals surface area contributed by atoms with Gasteiger partial charge in [-0.15, -0.1) is 0 Å². The third-order valence-electron chi connectivity index (χ3n) is 8.62. The molecule has 2 saturated heterocycles. The van der Waals surface area contributed by atoms with Gasteiger partial charge < -0.3 is 15.3 Å². The first-order valence-corrected chi connectivity index (χ1v) is 12.9. The van der Waals surface area contributed by atoms with Crippen molar-refractivity contribution < 1.29 is 18.7 Å². The first-order valence-electron chi connectivity index (χ1n) is 12.9. The monoisotopic (exact) mass is 483 g/mol. The molecule has 2 N–H and O–H groups in total. The van der Waals surface area contributed by atoms with Gasteiger partial charge in [-0.1, -0.05) is 12.1 Å². The van der Waals surface area contributed by atoms with E-state index in [-0.39, 0.29) is 23.8 Å². The molecule has 1 unspecified atom stereocenters. The van der Waals surface area contributed by atoms with Crippen molar-refractivity contribution >= 4 is 17.3 Å². The Kier molecular flexibility index (Phi) is 5.58. The number of rotatable bonds is 2. The lowest BCUT2D eigenvalue weighted by Gasteiger charge is -2.49. The molecule has 2 aromatic rings. The van der Waals surface area contributed by atoms with Gasteiger partial charge in [-0.05, 0) is 62.3 Å². The molecule has 186 valence electrons. The Labute approximate surface area is 204 Å². The number of amides is 1. The number of aliphatic hydroxyl groups is 1. The highest BCUT2D eigenvalue weighted by Crippen LogP contribution is 2.51. The highest BCUT2D eigenvalue weighted by Gasteiger charge is 2.56. The van der Waals surface area contributed by atoms with Crippen molar-refractivity contribution in [2.45, 2.75) is 50.4 Å². The van der Waals surface area contributed by atoms with Crippen LogP contribution in [0.3, 0.4) is 0 Å². The van der Waals surface area contributed by atoms with E-state index in [1.165, 1.54) is 18.2 Å². The van der Waals surface area contributed by atoms with E-state index in [1.54, 1.807) is 18.2 Å². The number of nitrogens with zero attached hydrogens (tertiary/aromatic N) is 3. The summed E-state index contributed by atoms with van der Waals surface area (Å²) in [7, 11) is 0. The minimum absolute atomic E-state index is 0.0332. The average molecular weight is 484 g/mol. The van der Waals surface area contributed by atoms with Crippen LogP contribution in [-0.4, -0.2) is 61.5 Å². The van der Waals surface area contributed by atoms with Gasteiger partial charge in [0.15, 0.2) is 5.69 Å². The predicted octanol–water partition coefficient (Wildman–Crippen LogP) is 3.68. The van der Waals surface area contributed by atoms with Gasteiger partial charge in [0.2, 0.25) is 6.29 Å². The molecule has 6 nitrogen and oxygen atoms in total. The van der Waals surface area contributed by atoms with Crippen LogP contribution in [0.4, 0.5) is 20.2 Å². The highest BCUT2D eigenvalue weighted by atomic mass is 19.1. The number of carbonyl (C=O) groups is 1. The van der Waals surface area contributed by atoms with Gasteiger partial charge in [0.05, 0.1) is 24.3 Å². The quantitative estimate of drug-likeness (QED) is 0.640. The van der Waals surface area contributed by atoms with Crippen molar-refractivity contribution in [2.24, 2.45) is 0 Å². The molecule has 1 atom stereocenters. The minimum atomic E-state index is -0.993. The molecule has 6 rings (SSSR count). The number of anilines is 1. The Balaban J connectivity index is 1.39. The molecule has 1 spiro atoms. The van der Waals surface area contributed by atoms with Crippen LogP contribution in [0.15, 0.2) is 36.4 Å². The number of nitrogens with one attached hydrogen (secondary N) is 1. The largest absolute Gasteiger partial charge is 0.385 e. The average Bonchev–Trinajstić information content (AvgIpc) is 3.02. The fraction of sp³-hybridized carbons (Fsp3) is 0.519. The van der Waals surface area contributed by atoms with Crippen molar-refractivity contribution in [3.05, 3.63) is 59.2 Å². The number of hydrogen-bond donors (Lipinski definition) is 2. The molecule has 0 aromatic heterocycles. The molecule has 35 heavy (non-hydrogen) atoms. The standard InChI is InChI=1S/C27H32F2N4O2/c28-20-7-5-19(6-8-20)27(35)9-12-31(13-10-27)26-32-14-11-30-25(34)22-17-21(29)18-23(24(22)32)33(26)15-3-1-2-4-16-33/h5-8,17-18,26,35H,1-4,9-16H2/p+1. The van der Waals surface area contributed by atoms with E-state index >= 15 is 0 Å². The molecule has 1 amide bonds. The fourth-order valence-corrected chi connectivity index (χ4v) is 6.93. The molecule has 0 radical (unpaired) electrons. The van der Waals surface area contributed by atoms with Gasteiger partial charge in [0.1, 0.15) is 17.3 Å². The van der Waals surface area contributed by atoms with Gasteiger partial charge >= 0.3 is 0 Å². The van der Waals surface area contributed by atoms with Crippen LogP contribution in [0.5, 0.6) is 0 Å². The van der Waals surface area contributed by atoms with Gasteiger partial charge in [-0.2, -0.15) is 0 Å². The second kappa shape index (κ2) is 8.54. The third-order valence-corrected chi connectivity index (χ3v) is 8.62. The van der Waals surface area contributed by atoms with Crippen molar-refractivity contribution in [3.8, 4) is 0 Å². The van der Waals surface area contributed by atoms with E-state index in [2.05, 4.69) is 15.1 Å². The Bertz CT molecular complexity index is 1120. The summed E-state index contributed by atoms with van der Waals surface area (Å²) < 4.78 is 29.0. The van der Waals surface area contributed by atoms with Crippen LogP contribution in [-0.2, 0) is 5.60 Å². The summed E-state index contributed by atoms with van der Waals surface area (Å²) in [5.41, 5.74) is 2.01. The van der Waals surface area contributed by atoms with Crippen LogP contribution < -0.4 is 14.7 Å². The SMILES string of the molecule is O=C1NCCN2c3c1cc(F)cc3[N+]1(CCCCCC1)C2N1CCC(O)(c2ccc(F)cc2)CC1. The Hall–Kier alpha value is -2.55. The number of hydrogen-bond acceptors (Lipinski definition) is 4. The first kappa shape index (κ1) is 22.9. The van der Waals surface area contributed by atoms with E-state index in [0.717, 1.165) is 55.7 Å². The first-order chi connectivity index (χ1) is 16.9. The molecule has 0 saturated carbocycles. The predicted molar refractivity (Wildman–Crippen MR) is 131 cm³/mol. The lowest BCUT2D eigenvalue weighted by Crippen LogP contribution is -2.69. The van der Waals surface area contributed by atoms with Gasteiger partial charge in [0, 0.05) is 32.2 Å². The molecular formula is C27H33F2N4O2+. The summed E-state index contributed by atoms with van der Waals surface area (Å²) in [5, 5.41) is 14.4. The van der Waals surface area contributed by atoms with E-state index in [9.17, 15) is 18.7 Å². The molecule has 2 fully saturated rings. The van der Waals surface area contributed by atoms with Crippen molar-refractivity contribution in [1.82, 2.24) is 14.7 Å². The van der Waals surface area contributed by atoms with E-state index < -0.39 is 5.60 Å². The zero-order valence-electron chi connectivity index (χ0n) is 20.0. The molecule has 4 aliphatic heterocycles. The Morgan fingerprint density at radius 3 is 2.31 bits per heavy atom. The Morgan fingerprint density at radius 2 is 1.63 bits per heavy atom. The number of halogens is 2. The van der Waals surface area contributed by atoms with Crippen molar-refractivity contribution in [1.29, 1.82) is 0 Å². The van der Waals surface area contributed by atoms with E-state index in [0.29, 0.717) is 49.1 Å². The van der Waals surface area contributed by atoms with Gasteiger partial charge in [-0.3, -0.25) is 9.28 Å². The van der Waals surface area contributed by atoms with Gasteiger partial charge in [-0.25, -0.2) is 13.7 Å². The number of piperidine rings is 1. The summed E-state index contributed by atoms with van der Waals surface area (Å²) in [5.74, 6) is -0.873. The van der Waals surface area contributed by atoms with Crippen LogP contribution in [0.1, 0.15) is 54.4 Å². The van der Waals surface area contributed by atoms with Crippen LogP contribution in [0.25, 0.3) is 0 Å². The summed E-state index contributed by atoms with van der Waals surface area (Å²) in [6, 6.07) is 9.21.